The Morgan fingerprint density at radius 3 is 3.00 bits per heavy atom. The molecule has 0 bridgehead atoms. The number of nitrogens with zero attached hydrogens (tertiary/aromatic N) is 3. The molecular formula is C11H11ClN4O2. The number of β-amino-alcohol motifs (C(OH)–C–C–N with tert-alkyl or cyclic N) is 1. The summed E-state index contributed by atoms with van der Waals surface area (Å²) in [6, 6.07) is 3.36. The van der Waals surface area contributed by atoms with E-state index in [2.05, 4.69) is 20.4 Å². The number of rotatable bonds is 2. The van der Waals surface area contributed by atoms with Gasteiger partial charge in [-0.25, -0.2) is 0 Å². The Morgan fingerprint density at radius 1 is 1.44 bits per heavy atom. The highest BCUT2D eigenvalue weighted by Gasteiger charge is 2.28. The Kier molecular flexibility index (Phi) is 2.99. The lowest BCUT2D eigenvalue weighted by atomic mass is 10.2. The zero-order valence-electron chi connectivity index (χ0n) is 9.38. The van der Waals surface area contributed by atoms with Crippen molar-refractivity contribution in [2.45, 2.75) is 18.6 Å². The van der Waals surface area contributed by atoms with E-state index in [1.54, 1.807) is 12.1 Å². The Morgan fingerprint density at radius 2 is 2.33 bits per heavy atom. The van der Waals surface area contributed by atoms with Crippen LogP contribution in [-0.2, 0) is 0 Å². The molecular weight excluding hydrogens is 256 g/mol. The van der Waals surface area contributed by atoms with Gasteiger partial charge in [0.15, 0.2) is 0 Å². The molecule has 6 nitrogen and oxygen atoms in total. The molecule has 94 valence electrons. The van der Waals surface area contributed by atoms with Crippen LogP contribution in [0, 0.1) is 0 Å². The van der Waals surface area contributed by atoms with Crippen LogP contribution in [0.25, 0.3) is 11.5 Å². The average molecular weight is 267 g/mol. The van der Waals surface area contributed by atoms with Crippen LogP contribution in [0.2, 0.25) is 5.02 Å². The highest BCUT2D eigenvalue weighted by Crippen LogP contribution is 2.24. The van der Waals surface area contributed by atoms with Gasteiger partial charge in [-0.2, -0.15) is 4.98 Å². The van der Waals surface area contributed by atoms with Gasteiger partial charge in [0.1, 0.15) is 5.69 Å². The predicted molar refractivity (Wildman–Crippen MR) is 63.9 cm³/mol. The Bertz CT molecular complexity index is 542. The standard InChI is InChI=1S/C11H11ClN4O2/c12-6-1-2-8(13-4-6)10-15-11(18-16-10)9-3-7(17)5-14-9/h1-2,4,7,9,14,17H,3,5H2/t7?,9-/m0/s1. The molecule has 18 heavy (non-hydrogen) atoms. The molecule has 0 aromatic carbocycles. The molecule has 1 unspecified atom stereocenters. The number of aromatic nitrogens is 3. The monoisotopic (exact) mass is 266 g/mol. The second kappa shape index (κ2) is 4.64. The van der Waals surface area contributed by atoms with Gasteiger partial charge in [-0.15, -0.1) is 0 Å². The lowest BCUT2D eigenvalue weighted by molar-refractivity contribution is 0.191. The second-order valence-electron chi connectivity index (χ2n) is 4.17. The van der Waals surface area contributed by atoms with Crippen molar-refractivity contribution in [1.29, 1.82) is 0 Å². The van der Waals surface area contributed by atoms with Gasteiger partial charge in [0.05, 0.1) is 17.2 Å². The lowest BCUT2D eigenvalue weighted by Gasteiger charge is -2.01. The molecule has 3 heterocycles. The molecule has 2 aromatic rings. The summed E-state index contributed by atoms with van der Waals surface area (Å²) in [6.45, 7) is 0.543. The van der Waals surface area contributed by atoms with E-state index in [9.17, 15) is 5.11 Å². The predicted octanol–water partition coefficient (Wildman–Crippen LogP) is 1.18. The van der Waals surface area contributed by atoms with Crippen molar-refractivity contribution in [2.75, 3.05) is 6.54 Å². The fraction of sp³-hybridized carbons (Fsp3) is 0.364. The van der Waals surface area contributed by atoms with Gasteiger partial charge in [-0.3, -0.25) is 4.98 Å². The number of hydrogen-bond donors (Lipinski definition) is 2. The van der Waals surface area contributed by atoms with Crippen LogP contribution in [0.5, 0.6) is 0 Å². The maximum absolute atomic E-state index is 9.44. The molecule has 0 radical (unpaired) electrons. The summed E-state index contributed by atoms with van der Waals surface area (Å²) in [7, 11) is 0. The van der Waals surface area contributed by atoms with Gasteiger partial charge in [-0.05, 0) is 18.6 Å². The third-order valence-corrected chi connectivity index (χ3v) is 3.03. The molecule has 0 aliphatic carbocycles. The summed E-state index contributed by atoms with van der Waals surface area (Å²) in [5, 5.41) is 17.0. The van der Waals surface area contributed by atoms with Crippen molar-refractivity contribution in [1.82, 2.24) is 20.4 Å². The summed E-state index contributed by atoms with van der Waals surface area (Å²) in [4.78, 5) is 8.39. The Balaban J connectivity index is 1.83. The van der Waals surface area contributed by atoms with Crippen molar-refractivity contribution in [3.05, 3.63) is 29.2 Å². The Hall–Kier alpha value is -1.50. The van der Waals surface area contributed by atoms with Crippen molar-refractivity contribution in [3.8, 4) is 11.5 Å². The van der Waals surface area contributed by atoms with Gasteiger partial charge in [0, 0.05) is 12.7 Å². The quantitative estimate of drug-likeness (QED) is 0.849. The number of aliphatic hydroxyl groups is 1. The molecule has 1 fully saturated rings. The zero-order chi connectivity index (χ0) is 12.5. The van der Waals surface area contributed by atoms with E-state index in [0.717, 1.165) is 0 Å². The minimum Gasteiger partial charge on any atom is -0.392 e. The molecule has 3 rings (SSSR count). The van der Waals surface area contributed by atoms with Crippen LogP contribution in [0.15, 0.2) is 22.9 Å². The highest BCUT2D eigenvalue weighted by atomic mass is 35.5. The van der Waals surface area contributed by atoms with Crippen molar-refractivity contribution in [2.24, 2.45) is 0 Å². The maximum Gasteiger partial charge on any atom is 0.244 e. The van der Waals surface area contributed by atoms with Gasteiger partial charge < -0.3 is 14.9 Å². The lowest BCUT2D eigenvalue weighted by Crippen LogP contribution is -2.15. The Labute approximate surface area is 108 Å². The molecule has 0 amide bonds. The average Bonchev–Trinajstić information content (AvgIpc) is 2.98. The maximum atomic E-state index is 9.44. The number of aliphatic hydroxyl groups excluding tert-OH is 1. The third-order valence-electron chi connectivity index (χ3n) is 2.80. The smallest absolute Gasteiger partial charge is 0.244 e. The topological polar surface area (TPSA) is 84.1 Å². The minimum atomic E-state index is -0.362. The van der Waals surface area contributed by atoms with E-state index in [0.29, 0.717) is 35.4 Å². The summed E-state index contributed by atoms with van der Waals surface area (Å²) in [5.41, 5.74) is 0.605. The van der Waals surface area contributed by atoms with Crippen LogP contribution < -0.4 is 5.32 Å². The van der Waals surface area contributed by atoms with Crippen LogP contribution in [0.4, 0.5) is 0 Å². The first-order valence-electron chi connectivity index (χ1n) is 5.59. The molecule has 1 aliphatic rings. The number of hydrogen-bond acceptors (Lipinski definition) is 6. The zero-order valence-corrected chi connectivity index (χ0v) is 10.1. The third kappa shape index (κ3) is 2.22. The molecule has 2 aromatic heterocycles. The first-order chi connectivity index (χ1) is 8.72. The van der Waals surface area contributed by atoms with Crippen molar-refractivity contribution < 1.29 is 9.63 Å². The number of pyridine rings is 1. The van der Waals surface area contributed by atoms with Crippen LogP contribution in [0.1, 0.15) is 18.4 Å². The molecule has 2 N–H and O–H groups in total. The SMILES string of the molecule is OC1CN[C@H](c2nc(-c3ccc(Cl)cn3)no2)C1. The van der Waals surface area contributed by atoms with E-state index in [-0.39, 0.29) is 12.1 Å². The summed E-state index contributed by atoms with van der Waals surface area (Å²) >= 11 is 5.76. The second-order valence-corrected chi connectivity index (χ2v) is 4.60. The molecule has 7 heteroatoms. The van der Waals surface area contributed by atoms with Crippen LogP contribution in [-0.4, -0.2) is 32.9 Å². The van der Waals surface area contributed by atoms with Gasteiger partial charge in [0.25, 0.3) is 0 Å². The highest BCUT2D eigenvalue weighted by molar-refractivity contribution is 6.30. The minimum absolute atomic E-state index is 0.0893. The van der Waals surface area contributed by atoms with E-state index >= 15 is 0 Å². The van der Waals surface area contributed by atoms with E-state index in [1.165, 1.54) is 6.20 Å². The van der Waals surface area contributed by atoms with Gasteiger partial charge >= 0.3 is 0 Å². The molecule has 2 atom stereocenters. The van der Waals surface area contributed by atoms with Gasteiger partial charge in [-0.1, -0.05) is 16.8 Å². The molecule has 0 saturated carbocycles. The van der Waals surface area contributed by atoms with Crippen molar-refractivity contribution >= 4 is 11.6 Å². The fourth-order valence-corrected chi connectivity index (χ4v) is 2.01. The first-order valence-corrected chi connectivity index (χ1v) is 5.97. The number of halogens is 1. The normalized spacial score (nSPS) is 23.4. The van der Waals surface area contributed by atoms with Crippen molar-refractivity contribution in [3.63, 3.8) is 0 Å². The summed E-state index contributed by atoms with van der Waals surface area (Å²) in [5.74, 6) is 0.892. The molecule has 0 spiro atoms. The molecule has 1 saturated heterocycles. The molecule has 1 aliphatic heterocycles. The van der Waals surface area contributed by atoms with E-state index in [1.807, 2.05) is 0 Å². The summed E-state index contributed by atoms with van der Waals surface area (Å²) < 4.78 is 5.17. The van der Waals surface area contributed by atoms with E-state index < -0.39 is 0 Å². The van der Waals surface area contributed by atoms with Crippen LogP contribution >= 0.6 is 11.6 Å². The largest absolute Gasteiger partial charge is 0.392 e. The summed E-state index contributed by atoms with van der Waals surface area (Å²) in [6.07, 6.45) is 1.75. The number of nitrogens with one attached hydrogen (secondary N) is 1. The van der Waals surface area contributed by atoms with E-state index in [4.69, 9.17) is 16.1 Å². The van der Waals surface area contributed by atoms with Gasteiger partial charge in [0.2, 0.25) is 11.7 Å². The first kappa shape index (κ1) is 11.6. The fourth-order valence-electron chi connectivity index (χ4n) is 1.89. The van der Waals surface area contributed by atoms with Crippen LogP contribution in [0.3, 0.4) is 0 Å².